The molecule has 0 amide bonds. The summed E-state index contributed by atoms with van der Waals surface area (Å²) in [5.74, 6) is 0. The van der Waals surface area contributed by atoms with Gasteiger partial charge in [0.15, 0.2) is 0 Å². The number of hydrogen-bond acceptors (Lipinski definition) is 2. The van der Waals surface area contributed by atoms with Gasteiger partial charge in [-0.15, -0.1) is 0 Å². The van der Waals surface area contributed by atoms with Crippen LogP contribution in [0, 0.1) is 0 Å². The molecule has 2 nitrogen and oxygen atoms in total. The maximum absolute atomic E-state index is 4.37. The molecule has 0 N–H and O–H groups in total. The Hall–Kier alpha value is -1.31. The maximum Gasteiger partial charge on any atom is 0.0628 e. The first-order valence-electron chi connectivity index (χ1n) is 4.58. The van der Waals surface area contributed by atoms with Crippen LogP contribution in [0.3, 0.4) is 0 Å². The van der Waals surface area contributed by atoms with Gasteiger partial charge >= 0.3 is 0 Å². The van der Waals surface area contributed by atoms with E-state index in [0.717, 1.165) is 6.42 Å². The monoisotopic (exact) mass is 174 g/mol. The molecule has 0 spiro atoms. The van der Waals surface area contributed by atoms with Crippen molar-refractivity contribution in [2.45, 2.75) is 25.8 Å². The Bertz CT molecular complexity index is 314. The second-order valence-corrected chi connectivity index (χ2v) is 3.96. The summed E-state index contributed by atoms with van der Waals surface area (Å²) in [6, 6.07) is 10.3. The van der Waals surface area contributed by atoms with Crippen molar-refractivity contribution in [1.82, 2.24) is 0 Å². The first-order valence-corrected chi connectivity index (χ1v) is 4.58. The third kappa shape index (κ3) is 1.44. The highest BCUT2D eigenvalue weighted by molar-refractivity contribution is 5.68. The number of nitrogens with zero attached hydrogens (tertiary/aromatic N) is 2. The standard InChI is InChI=1S/C11H14N2/c1-11(2)8-9-12-13(11)10-6-4-3-5-7-10/h3-7,9H,8H2,1-2H3. The second-order valence-electron chi connectivity index (χ2n) is 3.96. The van der Waals surface area contributed by atoms with Crippen molar-refractivity contribution in [2.75, 3.05) is 5.01 Å². The van der Waals surface area contributed by atoms with Crippen molar-refractivity contribution in [2.24, 2.45) is 5.10 Å². The van der Waals surface area contributed by atoms with Gasteiger partial charge in [-0.1, -0.05) is 18.2 Å². The molecule has 0 aromatic heterocycles. The van der Waals surface area contributed by atoms with E-state index in [1.165, 1.54) is 5.69 Å². The van der Waals surface area contributed by atoms with E-state index in [1.807, 2.05) is 24.4 Å². The molecule has 0 atom stereocenters. The van der Waals surface area contributed by atoms with Crippen molar-refractivity contribution >= 4 is 11.9 Å². The van der Waals surface area contributed by atoms with Gasteiger partial charge in [0.1, 0.15) is 0 Å². The average Bonchev–Trinajstić information content (AvgIpc) is 2.47. The Labute approximate surface area is 78.9 Å². The fraction of sp³-hybridized carbons (Fsp3) is 0.364. The van der Waals surface area contributed by atoms with Crippen LogP contribution < -0.4 is 5.01 Å². The Kier molecular flexibility index (Phi) is 1.83. The number of anilines is 1. The topological polar surface area (TPSA) is 15.6 Å². The average molecular weight is 174 g/mol. The van der Waals surface area contributed by atoms with E-state index in [0.29, 0.717) is 0 Å². The molecule has 0 saturated heterocycles. The van der Waals surface area contributed by atoms with Crippen LogP contribution in [-0.4, -0.2) is 11.8 Å². The van der Waals surface area contributed by atoms with E-state index < -0.39 is 0 Å². The van der Waals surface area contributed by atoms with Gasteiger partial charge in [0.25, 0.3) is 0 Å². The van der Waals surface area contributed by atoms with E-state index in [9.17, 15) is 0 Å². The molecule has 1 heterocycles. The van der Waals surface area contributed by atoms with Crippen LogP contribution in [-0.2, 0) is 0 Å². The number of rotatable bonds is 1. The minimum absolute atomic E-state index is 0.126. The van der Waals surface area contributed by atoms with Crippen molar-refractivity contribution < 1.29 is 0 Å². The van der Waals surface area contributed by atoms with Gasteiger partial charge in [-0.3, -0.25) is 5.01 Å². The van der Waals surface area contributed by atoms with Crippen LogP contribution >= 0.6 is 0 Å². The molecule has 0 fully saturated rings. The third-order valence-electron chi connectivity index (χ3n) is 2.36. The van der Waals surface area contributed by atoms with Crippen LogP contribution in [0.1, 0.15) is 20.3 Å². The largest absolute Gasteiger partial charge is 0.260 e. The minimum Gasteiger partial charge on any atom is -0.260 e. The summed E-state index contributed by atoms with van der Waals surface area (Å²) in [7, 11) is 0. The van der Waals surface area contributed by atoms with Crippen molar-refractivity contribution in [3.63, 3.8) is 0 Å². The zero-order valence-corrected chi connectivity index (χ0v) is 8.07. The van der Waals surface area contributed by atoms with Crippen molar-refractivity contribution in [3.8, 4) is 0 Å². The zero-order chi connectivity index (χ0) is 9.31. The third-order valence-corrected chi connectivity index (χ3v) is 2.36. The number of benzene rings is 1. The predicted octanol–water partition coefficient (Wildman–Crippen LogP) is 2.66. The highest BCUT2D eigenvalue weighted by Crippen LogP contribution is 2.29. The first kappa shape index (κ1) is 8.30. The summed E-state index contributed by atoms with van der Waals surface area (Å²) >= 11 is 0. The molecule has 68 valence electrons. The fourth-order valence-corrected chi connectivity index (χ4v) is 1.57. The van der Waals surface area contributed by atoms with Gasteiger partial charge in [-0.25, -0.2) is 0 Å². The molecule has 1 aliphatic rings. The molecule has 1 aromatic carbocycles. The lowest BCUT2D eigenvalue weighted by molar-refractivity contribution is 0.517. The summed E-state index contributed by atoms with van der Waals surface area (Å²) in [5.41, 5.74) is 1.29. The van der Waals surface area contributed by atoms with Gasteiger partial charge in [-0.05, 0) is 26.0 Å². The summed E-state index contributed by atoms with van der Waals surface area (Å²) in [6.07, 6.45) is 2.99. The lowest BCUT2D eigenvalue weighted by atomic mass is 10.0. The summed E-state index contributed by atoms with van der Waals surface area (Å²) in [5, 5.41) is 6.44. The molecule has 0 saturated carbocycles. The van der Waals surface area contributed by atoms with Gasteiger partial charge < -0.3 is 0 Å². The minimum atomic E-state index is 0.126. The molecule has 2 heteroatoms. The molecule has 0 radical (unpaired) electrons. The lowest BCUT2D eigenvalue weighted by Crippen LogP contribution is -2.36. The Morgan fingerprint density at radius 1 is 1.23 bits per heavy atom. The molecule has 1 aliphatic heterocycles. The zero-order valence-electron chi connectivity index (χ0n) is 8.07. The summed E-state index contributed by atoms with van der Waals surface area (Å²) < 4.78 is 0. The SMILES string of the molecule is CC1(C)CC=NN1c1ccccc1. The van der Waals surface area contributed by atoms with Crippen LogP contribution in [0.4, 0.5) is 5.69 Å². The molecule has 13 heavy (non-hydrogen) atoms. The highest BCUT2D eigenvalue weighted by atomic mass is 15.5. The Morgan fingerprint density at radius 3 is 2.46 bits per heavy atom. The van der Waals surface area contributed by atoms with Gasteiger partial charge in [0.2, 0.25) is 0 Å². The fourth-order valence-electron chi connectivity index (χ4n) is 1.57. The van der Waals surface area contributed by atoms with Crippen LogP contribution in [0.2, 0.25) is 0 Å². The molecule has 2 rings (SSSR count). The molecule has 0 bridgehead atoms. The number of hydrogen-bond donors (Lipinski definition) is 0. The van der Waals surface area contributed by atoms with E-state index in [-0.39, 0.29) is 5.54 Å². The quantitative estimate of drug-likeness (QED) is 0.639. The predicted molar refractivity (Wildman–Crippen MR) is 56.1 cm³/mol. The summed E-state index contributed by atoms with van der Waals surface area (Å²) in [6.45, 7) is 4.40. The number of para-hydroxylation sites is 1. The van der Waals surface area contributed by atoms with Crippen LogP contribution in [0.5, 0.6) is 0 Å². The van der Waals surface area contributed by atoms with Gasteiger partial charge in [-0.2, -0.15) is 5.10 Å². The smallest absolute Gasteiger partial charge is 0.0628 e. The molecular weight excluding hydrogens is 160 g/mol. The van der Waals surface area contributed by atoms with Crippen LogP contribution in [0.25, 0.3) is 0 Å². The van der Waals surface area contributed by atoms with E-state index in [1.54, 1.807) is 0 Å². The molecule has 0 aliphatic carbocycles. The molecule has 1 aromatic rings. The van der Waals surface area contributed by atoms with Crippen molar-refractivity contribution in [1.29, 1.82) is 0 Å². The van der Waals surface area contributed by atoms with Crippen LogP contribution in [0.15, 0.2) is 35.4 Å². The van der Waals surface area contributed by atoms with Crippen molar-refractivity contribution in [3.05, 3.63) is 30.3 Å². The van der Waals surface area contributed by atoms with E-state index in [2.05, 4.69) is 36.1 Å². The second kappa shape index (κ2) is 2.87. The molecule has 0 unspecified atom stereocenters. The first-order chi connectivity index (χ1) is 6.20. The van der Waals surface area contributed by atoms with Gasteiger partial charge in [0, 0.05) is 12.6 Å². The summed E-state index contributed by atoms with van der Waals surface area (Å²) in [4.78, 5) is 0. The normalized spacial score (nSPS) is 19.4. The molecular formula is C11H14N2. The lowest BCUT2D eigenvalue weighted by Gasteiger charge is -2.30. The van der Waals surface area contributed by atoms with E-state index in [4.69, 9.17) is 0 Å². The maximum atomic E-state index is 4.37. The van der Waals surface area contributed by atoms with Gasteiger partial charge in [0.05, 0.1) is 11.2 Å². The highest BCUT2D eigenvalue weighted by Gasteiger charge is 2.29. The van der Waals surface area contributed by atoms with E-state index >= 15 is 0 Å². The Balaban J connectivity index is 2.32. The Morgan fingerprint density at radius 2 is 1.92 bits per heavy atom. The number of hydrazone groups is 1.